The summed E-state index contributed by atoms with van der Waals surface area (Å²) >= 11 is 0. The summed E-state index contributed by atoms with van der Waals surface area (Å²) in [6.07, 6.45) is 1.23. The third kappa shape index (κ3) is 4.10. The Morgan fingerprint density at radius 2 is 1.89 bits per heavy atom. The summed E-state index contributed by atoms with van der Waals surface area (Å²) < 4.78 is 18.3. The molecule has 0 spiro atoms. The first-order chi connectivity index (χ1) is 12.9. The summed E-state index contributed by atoms with van der Waals surface area (Å²) in [7, 11) is 1.50. The SMILES string of the molecule is COC1CC(C(=O)O)N(C(=O)C2CCCN(C(=O)c3ccc(F)cc3)C2)C1. The Bertz CT molecular complexity index is 723. The summed E-state index contributed by atoms with van der Waals surface area (Å²) in [6.45, 7) is 0.993. The van der Waals surface area contributed by atoms with Crippen LogP contribution in [0, 0.1) is 11.7 Å². The van der Waals surface area contributed by atoms with E-state index in [1.807, 2.05) is 0 Å². The van der Waals surface area contributed by atoms with Crippen LogP contribution in [-0.4, -0.2) is 71.6 Å². The number of carbonyl (C=O) groups is 3. The van der Waals surface area contributed by atoms with Gasteiger partial charge in [0.1, 0.15) is 11.9 Å². The third-order valence-electron chi connectivity index (χ3n) is 5.31. The Morgan fingerprint density at radius 3 is 2.52 bits per heavy atom. The van der Waals surface area contributed by atoms with E-state index < -0.39 is 23.7 Å². The molecule has 0 saturated carbocycles. The lowest BCUT2D eigenvalue weighted by molar-refractivity contribution is -0.150. The van der Waals surface area contributed by atoms with E-state index in [4.69, 9.17) is 4.74 Å². The number of nitrogens with zero attached hydrogens (tertiary/aromatic N) is 2. The number of benzene rings is 1. The van der Waals surface area contributed by atoms with Gasteiger partial charge < -0.3 is 19.6 Å². The zero-order valence-corrected chi connectivity index (χ0v) is 15.1. The number of likely N-dealkylation sites (tertiary alicyclic amines) is 2. The maximum Gasteiger partial charge on any atom is 0.326 e. The van der Waals surface area contributed by atoms with Gasteiger partial charge in [0.15, 0.2) is 0 Å². The van der Waals surface area contributed by atoms with Crippen molar-refractivity contribution >= 4 is 17.8 Å². The molecule has 0 aliphatic carbocycles. The summed E-state index contributed by atoms with van der Waals surface area (Å²) in [6, 6.07) is 4.41. The third-order valence-corrected chi connectivity index (χ3v) is 5.31. The molecule has 2 fully saturated rings. The molecule has 8 heteroatoms. The van der Waals surface area contributed by atoms with Gasteiger partial charge in [0.05, 0.1) is 12.0 Å². The molecule has 27 heavy (non-hydrogen) atoms. The quantitative estimate of drug-likeness (QED) is 0.855. The second kappa shape index (κ2) is 8.04. The van der Waals surface area contributed by atoms with Gasteiger partial charge in [0.25, 0.3) is 5.91 Å². The van der Waals surface area contributed by atoms with Crippen LogP contribution >= 0.6 is 0 Å². The first-order valence-electron chi connectivity index (χ1n) is 9.01. The summed E-state index contributed by atoms with van der Waals surface area (Å²) in [5, 5.41) is 9.41. The number of carboxylic acids is 1. The first kappa shape index (κ1) is 19.3. The molecule has 1 aromatic carbocycles. The van der Waals surface area contributed by atoms with Crippen molar-refractivity contribution in [3.63, 3.8) is 0 Å². The van der Waals surface area contributed by atoms with Crippen molar-refractivity contribution in [2.24, 2.45) is 5.92 Å². The lowest BCUT2D eigenvalue weighted by Gasteiger charge is -2.35. The minimum absolute atomic E-state index is 0.232. The maximum absolute atomic E-state index is 13.1. The molecule has 1 aromatic rings. The lowest BCUT2D eigenvalue weighted by atomic mass is 9.95. The number of halogens is 1. The summed E-state index contributed by atoms with van der Waals surface area (Å²) in [5.74, 6) is -2.41. The molecular weight excluding hydrogens is 355 g/mol. The predicted molar refractivity (Wildman–Crippen MR) is 93.6 cm³/mol. The Kier molecular flexibility index (Phi) is 5.74. The normalized spacial score (nSPS) is 25.5. The number of ether oxygens (including phenoxy) is 1. The number of piperidine rings is 1. The standard InChI is InChI=1S/C19H23FN2O5/c1-27-15-9-16(19(25)26)22(11-15)18(24)13-3-2-8-21(10-13)17(23)12-4-6-14(20)7-5-12/h4-7,13,15-16H,2-3,8-11H2,1H3,(H,25,26). The van der Waals surface area contributed by atoms with Crippen molar-refractivity contribution in [1.82, 2.24) is 9.80 Å². The molecule has 1 N–H and O–H groups in total. The fraction of sp³-hybridized carbons (Fsp3) is 0.526. The number of methoxy groups -OCH3 is 1. The monoisotopic (exact) mass is 378 g/mol. The molecule has 2 aliphatic rings. The van der Waals surface area contributed by atoms with E-state index in [0.29, 0.717) is 24.9 Å². The van der Waals surface area contributed by atoms with E-state index in [1.54, 1.807) is 4.90 Å². The molecule has 146 valence electrons. The number of carbonyl (C=O) groups excluding carboxylic acids is 2. The number of aliphatic carboxylic acids is 1. The average Bonchev–Trinajstić information content (AvgIpc) is 3.12. The minimum atomic E-state index is -1.04. The van der Waals surface area contributed by atoms with Crippen molar-refractivity contribution in [2.45, 2.75) is 31.4 Å². The van der Waals surface area contributed by atoms with Gasteiger partial charge in [0.2, 0.25) is 5.91 Å². The number of hydrogen-bond acceptors (Lipinski definition) is 4. The van der Waals surface area contributed by atoms with Crippen molar-refractivity contribution in [3.8, 4) is 0 Å². The number of amides is 2. The smallest absolute Gasteiger partial charge is 0.326 e. The highest BCUT2D eigenvalue weighted by Crippen LogP contribution is 2.27. The van der Waals surface area contributed by atoms with Gasteiger partial charge in [-0.1, -0.05) is 0 Å². The molecule has 3 rings (SSSR count). The fourth-order valence-corrected chi connectivity index (χ4v) is 3.82. The molecule has 3 unspecified atom stereocenters. The summed E-state index contributed by atoms with van der Waals surface area (Å²) in [4.78, 5) is 40.0. The molecule has 0 bridgehead atoms. The number of carboxylic acid groups (broad SMARTS) is 1. The Labute approximate surface area is 156 Å². The minimum Gasteiger partial charge on any atom is -0.480 e. The molecule has 7 nitrogen and oxygen atoms in total. The van der Waals surface area contributed by atoms with Crippen molar-refractivity contribution < 1.29 is 28.6 Å². The van der Waals surface area contributed by atoms with Gasteiger partial charge in [-0.15, -0.1) is 0 Å². The van der Waals surface area contributed by atoms with Crippen LogP contribution in [0.3, 0.4) is 0 Å². The first-order valence-corrected chi connectivity index (χ1v) is 9.01. The largest absolute Gasteiger partial charge is 0.480 e. The Morgan fingerprint density at radius 1 is 1.19 bits per heavy atom. The van der Waals surface area contributed by atoms with Crippen LogP contribution in [0.25, 0.3) is 0 Å². The Balaban J connectivity index is 1.70. The van der Waals surface area contributed by atoms with E-state index >= 15 is 0 Å². The lowest BCUT2D eigenvalue weighted by Crippen LogP contribution is -2.49. The van der Waals surface area contributed by atoms with Crippen LogP contribution in [0.15, 0.2) is 24.3 Å². The van der Waals surface area contributed by atoms with Crippen molar-refractivity contribution in [1.29, 1.82) is 0 Å². The Hall–Kier alpha value is -2.48. The van der Waals surface area contributed by atoms with Crippen molar-refractivity contribution in [3.05, 3.63) is 35.6 Å². The van der Waals surface area contributed by atoms with Gasteiger partial charge in [-0.25, -0.2) is 9.18 Å². The van der Waals surface area contributed by atoms with E-state index in [9.17, 15) is 23.9 Å². The zero-order valence-electron chi connectivity index (χ0n) is 15.1. The number of rotatable bonds is 4. The van der Waals surface area contributed by atoms with E-state index in [2.05, 4.69) is 0 Å². The average molecular weight is 378 g/mol. The van der Waals surface area contributed by atoms with Crippen LogP contribution in [0.2, 0.25) is 0 Å². The summed E-state index contributed by atoms with van der Waals surface area (Å²) in [5.41, 5.74) is 0.369. The fourth-order valence-electron chi connectivity index (χ4n) is 3.82. The maximum atomic E-state index is 13.1. The van der Waals surface area contributed by atoms with Gasteiger partial charge >= 0.3 is 5.97 Å². The van der Waals surface area contributed by atoms with Crippen LogP contribution in [0.4, 0.5) is 4.39 Å². The zero-order chi connectivity index (χ0) is 19.6. The highest BCUT2D eigenvalue weighted by molar-refractivity contribution is 5.95. The van der Waals surface area contributed by atoms with Gasteiger partial charge in [-0.2, -0.15) is 0 Å². The molecule has 2 saturated heterocycles. The molecular formula is C19H23FN2O5. The second-order valence-corrected chi connectivity index (χ2v) is 7.04. The van der Waals surface area contributed by atoms with Crippen LogP contribution in [0.1, 0.15) is 29.6 Å². The highest BCUT2D eigenvalue weighted by atomic mass is 19.1. The van der Waals surface area contributed by atoms with Crippen LogP contribution in [-0.2, 0) is 14.3 Å². The van der Waals surface area contributed by atoms with Crippen LogP contribution in [0.5, 0.6) is 0 Å². The number of hydrogen-bond donors (Lipinski definition) is 1. The molecule has 2 heterocycles. The van der Waals surface area contributed by atoms with Crippen molar-refractivity contribution in [2.75, 3.05) is 26.7 Å². The van der Waals surface area contributed by atoms with Gasteiger partial charge in [-0.3, -0.25) is 9.59 Å². The van der Waals surface area contributed by atoms with E-state index in [1.165, 1.54) is 36.3 Å². The predicted octanol–water partition coefficient (Wildman–Crippen LogP) is 1.38. The highest BCUT2D eigenvalue weighted by Gasteiger charge is 2.43. The molecule has 3 atom stereocenters. The second-order valence-electron chi connectivity index (χ2n) is 7.04. The molecule has 0 radical (unpaired) electrons. The van der Waals surface area contributed by atoms with Gasteiger partial charge in [-0.05, 0) is 37.1 Å². The molecule has 2 amide bonds. The molecule has 2 aliphatic heterocycles. The van der Waals surface area contributed by atoms with Gasteiger partial charge in [0, 0.05) is 38.7 Å². The topological polar surface area (TPSA) is 87.2 Å². The molecule has 0 aromatic heterocycles. The van der Waals surface area contributed by atoms with Crippen LogP contribution < -0.4 is 0 Å². The van der Waals surface area contributed by atoms with E-state index in [-0.39, 0.29) is 37.4 Å². The van der Waals surface area contributed by atoms with E-state index in [0.717, 1.165) is 0 Å².